The van der Waals surface area contributed by atoms with Gasteiger partial charge in [0.15, 0.2) is 0 Å². The summed E-state index contributed by atoms with van der Waals surface area (Å²) in [6.45, 7) is -0.407. The molecule has 3 nitrogen and oxygen atoms in total. The molecule has 0 aromatic heterocycles. The highest BCUT2D eigenvalue weighted by molar-refractivity contribution is 7.95. The molecule has 1 N–H and O–H groups in total. The summed E-state index contributed by atoms with van der Waals surface area (Å²) in [6, 6.07) is 3.41. The number of aliphatic hydroxyl groups excluding tert-OH is 1. The highest BCUT2D eigenvalue weighted by atomic mass is 32.2. The van der Waals surface area contributed by atoms with Crippen LogP contribution in [0.1, 0.15) is 5.56 Å². The van der Waals surface area contributed by atoms with Gasteiger partial charge in [0, 0.05) is 11.0 Å². The number of halogens is 1. The molecule has 0 saturated carbocycles. The molecule has 74 valence electrons. The van der Waals surface area contributed by atoms with E-state index in [1.54, 1.807) is 0 Å². The molecule has 1 aliphatic rings. The van der Waals surface area contributed by atoms with Gasteiger partial charge in [-0.1, -0.05) is 0 Å². The first kappa shape index (κ1) is 9.36. The quantitative estimate of drug-likeness (QED) is 0.708. The molecule has 0 unspecified atom stereocenters. The van der Waals surface area contributed by atoms with Crippen molar-refractivity contribution in [2.45, 2.75) is 4.90 Å². The van der Waals surface area contributed by atoms with Crippen LogP contribution in [0.5, 0.6) is 0 Å². The fourth-order valence-corrected chi connectivity index (χ4v) is 2.90. The van der Waals surface area contributed by atoms with Gasteiger partial charge in [0.1, 0.15) is 5.82 Å². The molecule has 0 fully saturated rings. The molecule has 1 heterocycles. The molecule has 1 aliphatic heterocycles. The molecule has 0 spiro atoms. The molecule has 2 rings (SSSR count). The minimum atomic E-state index is -3.47. The Bertz CT molecular complexity index is 517. The normalized spacial score (nSPS) is 17.7. The first-order valence-corrected chi connectivity index (χ1v) is 5.45. The Labute approximate surface area is 80.4 Å². The SMILES string of the molecule is O=S1(=O)C=C(CO)c2cc(F)ccc21. The van der Waals surface area contributed by atoms with Crippen LogP contribution in [0.15, 0.2) is 28.5 Å². The summed E-state index contributed by atoms with van der Waals surface area (Å²) in [5.41, 5.74) is 0.493. The zero-order chi connectivity index (χ0) is 10.3. The number of hydrogen-bond acceptors (Lipinski definition) is 3. The number of sulfone groups is 1. The van der Waals surface area contributed by atoms with E-state index in [2.05, 4.69) is 0 Å². The number of benzene rings is 1. The molecule has 1 aromatic rings. The molecule has 0 radical (unpaired) electrons. The van der Waals surface area contributed by atoms with E-state index >= 15 is 0 Å². The van der Waals surface area contributed by atoms with Gasteiger partial charge in [0.05, 0.1) is 11.5 Å². The van der Waals surface area contributed by atoms with Crippen LogP contribution in [0.3, 0.4) is 0 Å². The maximum Gasteiger partial charge on any atom is 0.200 e. The van der Waals surface area contributed by atoms with Gasteiger partial charge in [-0.25, -0.2) is 12.8 Å². The van der Waals surface area contributed by atoms with Gasteiger partial charge in [0.2, 0.25) is 9.84 Å². The lowest BCUT2D eigenvalue weighted by Gasteiger charge is -2.00. The number of aliphatic hydroxyl groups is 1. The molecule has 14 heavy (non-hydrogen) atoms. The first-order chi connectivity index (χ1) is 6.54. The van der Waals surface area contributed by atoms with E-state index in [9.17, 15) is 12.8 Å². The van der Waals surface area contributed by atoms with Crippen LogP contribution in [0.2, 0.25) is 0 Å². The largest absolute Gasteiger partial charge is 0.392 e. The van der Waals surface area contributed by atoms with Crippen molar-refractivity contribution in [1.82, 2.24) is 0 Å². The second-order valence-corrected chi connectivity index (χ2v) is 4.75. The van der Waals surface area contributed by atoms with E-state index in [0.717, 1.165) is 17.5 Å². The Morgan fingerprint density at radius 2 is 2.07 bits per heavy atom. The van der Waals surface area contributed by atoms with Gasteiger partial charge in [-0.2, -0.15) is 0 Å². The van der Waals surface area contributed by atoms with Crippen molar-refractivity contribution in [1.29, 1.82) is 0 Å². The van der Waals surface area contributed by atoms with Gasteiger partial charge in [0.25, 0.3) is 0 Å². The Kier molecular flexibility index (Phi) is 1.94. The van der Waals surface area contributed by atoms with Gasteiger partial charge < -0.3 is 5.11 Å². The molecular formula is C9H7FO3S. The second kappa shape index (κ2) is 2.90. The minimum Gasteiger partial charge on any atom is -0.392 e. The number of fused-ring (bicyclic) bond motifs is 1. The summed E-state index contributed by atoms with van der Waals surface area (Å²) in [5.74, 6) is -0.514. The van der Waals surface area contributed by atoms with Crippen LogP contribution in [0, 0.1) is 5.82 Å². The van der Waals surface area contributed by atoms with Crippen molar-refractivity contribution in [3.8, 4) is 0 Å². The summed E-state index contributed by atoms with van der Waals surface area (Å²) >= 11 is 0. The molecule has 0 amide bonds. The molecule has 5 heteroatoms. The highest BCUT2D eigenvalue weighted by Crippen LogP contribution is 2.33. The molecule has 0 bridgehead atoms. The van der Waals surface area contributed by atoms with Crippen molar-refractivity contribution in [2.24, 2.45) is 0 Å². The second-order valence-electron chi connectivity index (χ2n) is 2.99. The standard InChI is InChI=1S/C9H7FO3S/c10-7-1-2-9-8(3-7)6(4-11)5-14(9,12)13/h1-3,5,11H,4H2. The zero-order valence-corrected chi connectivity index (χ0v) is 7.88. The number of rotatable bonds is 1. The Morgan fingerprint density at radius 3 is 2.71 bits per heavy atom. The summed E-state index contributed by atoms with van der Waals surface area (Å²) in [4.78, 5) is 0.0583. The average Bonchev–Trinajstić information content (AvgIpc) is 2.37. The molecule has 0 atom stereocenters. The molecule has 0 aliphatic carbocycles. The van der Waals surface area contributed by atoms with Crippen molar-refractivity contribution in [3.63, 3.8) is 0 Å². The van der Waals surface area contributed by atoms with Crippen LogP contribution in [0.4, 0.5) is 4.39 Å². The summed E-state index contributed by atoms with van der Waals surface area (Å²) < 4.78 is 35.7. The van der Waals surface area contributed by atoms with Gasteiger partial charge in [-0.3, -0.25) is 0 Å². The highest BCUT2D eigenvalue weighted by Gasteiger charge is 2.26. The summed E-state index contributed by atoms with van der Waals surface area (Å²) in [5, 5.41) is 9.85. The van der Waals surface area contributed by atoms with E-state index in [4.69, 9.17) is 5.11 Å². The summed E-state index contributed by atoms with van der Waals surface area (Å²) in [7, 11) is -3.47. The lowest BCUT2D eigenvalue weighted by molar-refractivity contribution is 0.350. The van der Waals surface area contributed by atoms with Crippen molar-refractivity contribution in [3.05, 3.63) is 35.0 Å². The average molecular weight is 214 g/mol. The fraction of sp³-hybridized carbons (Fsp3) is 0.111. The predicted octanol–water partition coefficient (Wildman–Crippen LogP) is 0.946. The van der Waals surface area contributed by atoms with Gasteiger partial charge >= 0.3 is 0 Å². The third-order valence-corrected chi connectivity index (χ3v) is 3.63. The van der Waals surface area contributed by atoms with Crippen LogP contribution in [0.25, 0.3) is 5.57 Å². The van der Waals surface area contributed by atoms with Crippen molar-refractivity contribution >= 4 is 15.4 Å². The zero-order valence-electron chi connectivity index (χ0n) is 7.07. The van der Waals surface area contributed by atoms with Crippen LogP contribution < -0.4 is 0 Å². The lowest BCUT2D eigenvalue weighted by atomic mass is 10.1. The fourth-order valence-electron chi connectivity index (χ4n) is 1.44. The molecular weight excluding hydrogens is 207 g/mol. The van der Waals surface area contributed by atoms with E-state index in [1.807, 2.05) is 0 Å². The smallest absolute Gasteiger partial charge is 0.200 e. The van der Waals surface area contributed by atoms with Gasteiger partial charge in [-0.15, -0.1) is 0 Å². The first-order valence-electron chi connectivity index (χ1n) is 3.91. The van der Waals surface area contributed by atoms with Gasteiger partial charge in [-0.05, 0) is 23.8 Å². The van der Waals surface area contributed by atoms with Crippen LogP contribution in [-0.4, -0.2) is 20.1 Å². The third kappa shape index (κ3) is 1.25. The minimum absolute atomic E-state index is 0.0583. The van der Waals surface area contributed by atoms with Crippen molar-refractivity contribution < 1.29 is 17.9 Å². The Morgan fingerprint density at radius 1 is 1.36 bits per heavy atom. The van der Waals surface area contributed by atoms with Crippen LogP contribution in [-0.2, 0) is 9.84 Å². The maximum absolute atomic E-state index is 12.8. The third-order valence-electron chi connectivity index (χ3n) is 2.06. The van der Waals surface area contributed by atoms with Crippen LogP contribution >= 0.6 is 0 Å². The Balaban J connectivity index is 2.75. The predicted molar refractivity (Wildman–Crippen MR) is 48.6 cm³/mol. The molecule has 1 aromatic carbocycles. The molecule has 0 saturated heterocycles. The Hall–Kier alpha value is -1.20. The summed E-state index contributed by atoms with van der Waals surface area (Å²) in [6.07, 6.45) is 0. The van der Waals surface area contributed by atoms with E-state index in [0.29, 0.717) is 0 Å². The lowest BCUT2D eigenvalue weighted by Crippen LogP contribution is -1.93. The maximum atomic E-state index is 12.8. The monoisotopic (exact) mass is 214 g/mol. The van der Waals surface area contributed by atoms with Crippen molar-refractivity contribution in [2.75, 3.05) is 6.61 Å². The van der Waals surface area contributed by atoms with E-state index in [-0.39, 0.29) is 16.0 Å². The van der Waals surface area contributed by atoms with E-state index in [1.165, 1.54) is 6.07 Å². The number of hydrogen-bond donors (Lipinski definition) is 1. The van der Waals surface area contributed by atoms with E-state index < -0.39 is 22.3 Å². The topological polar surface area (TPSA) is 54.4 Å².